The van der Waals surface area contributed by atoms with Gasteiger partial charge in [-0.2, -0.15) is 19.5 Å². The molecule has 11 heteroatoms. The van der Waals surface area contributed by atoms with Crippen molar-refractivity contribution in [2.24, 2.45) is 0 Å². The van der Waals surface area contributed by atoms with Crippen LogP contribution < -0.4 is 15.8 Å². The van der Waals surface area contributed by atoms with Crippen LogP contribution in [0.1, 0.15) is 5.56 Å². The lowest BCUT2D eigenvalue weighted by molar-refractivity contribution is 0.0322. The number of fused-ring (bicyclic) bond motifs is 1. The van der Waals surface area contributed by atoms with Gasteiger partial charge in [-0.25, -0.2) is 0 Å². The number of rotatable bonds is 9. The van der Waals surface area contributed by atoms with Crippen molar-refractivity contribution in [1.29, 1.82) is 0 Å². The molecule has 172 valence electrons. The SMILES string of the molecule is Nc1nc(NCCc2ccc(OCCN3CCOCC3)cc2)nc2nc(-c3ccco3)nn12. The Bertz CT molecular complexity index is 1170. The lowest BCUT2D eigenvalue weighted by Gasteiger charge is -2.26. The molecular weight excluding hydrogens is 424 g/mol. The summed E-state index contributed by atoms with van der Waals surface area (Å²) in [5.74, 6) is 2.79. The van der Waals surface area contributed by atoms with E-state index in [1.54, 1.807) is 18.4 Å². The molecule has 1 aliphatic rings. The van der Waals surface area contributed by atoms with E-state index in [1.807, 2.05) is 12.1 Å². The highest BCUT2D eigenvalue weighted by atomic mass is 16.5. The number of nitrogen functional groups attached to an aromatic ring is 1. The van der Waals surface area contributed by atoms with Gasteiger partial charge in [0.05, 0.1) is 19.5 Å². The number of hydrogen-bond donors (Lipinski definition) is 2. The first kappa shape index (κ1) is 21.2. The zero-order valence-electron chi connectivity index (χ0n) is 18.2. The van der Waals surface area contributed by atoms with Gasteiger partial charge in [-0.15, -0.1) is 5.10 Å². The minimum absolute atomic E-state index is 0.200. The molecule has 5 rings (SSSR count). The molecule has 3 N–H and O–H groups in total. The van der Waals surface area contributed by atoms with E-state index in [2.05, 4.69) is 42.4 Å². The van der Waals surface area contributed by atoms with E-state index in [9.17, 15) is 0 Å². The molecule has 0 bridgehead atoms. The van der Waals surface area contributed by atoms with Crippen LogP contribution in [0.25, 0.3) is 17.4 Å². The van der Waals surface area contributed by atoms with Crippen LogP contribution in [0.4, 0.5) is 11.9 Å². The molecule has 0 radical (unpaired) electrons. The number of benzene rings is 1. The zero-order valence-corrected chi connectivity index (χ0v) is 18.2. The molecule has 1 fully saturated rings. The Balaban J connectivity index is 1.12. The third kappa shape index (κ3) is 5.21. The van der Waals surface area contributed by atoms with Gasteiger partial charge in [0, 0.05) is 26.2 Å². The van der Waals surface area contributed by atoms with Gasteiger partial charge in [0.1, 0.15) is 12.4 Å². The van der Waals surface area contributed by atoms with Crippen LogP contribution >= 0.6 is 0 Å². The Morgan fingerprint density at radius 1 is 1.06 bits per heavy atom. The van der Waals surface area contributed by atoms with Crippen molar-refractivity contribution in [1.82, 2.24) is 29.5 Å². The molecular formula is C22H26N8O3. The maximum Gasteiger partial charge on any atom is 0.259 e. The number of anilines is 2. The normalized spacial score (nSPS) is 14.5. The second-order valence-corrected chi connectivity index (χ2v) is 7.65. The standard InChI is InChI=1S/C22H26N8O3/c23-20-26-21(27-22-25-19(28-30(20)22)18-2-1-12-33-18)24-8-7-16-3-5-17(6-4-16)32-15-11-29-9-13-31-14-10-29/h1-6,12H,7-11,13-15H2,(H3,23,24,25,26,27,28). The van der Waals surface area contributed by atoms with Gasteiger partial charge in [0.2, 0.25) is 17.7 Å². The molecule has 0 spiro atoms. The topological polar surface area (TPSA) is 129 Å². The number of aromatic nitrogens is 5. The summed E-state index contributed by atoms with van der Waals surface area (Å²) in [5, 5.41) is 7.50. The minimum Gasteiger partial charge on any atom is -0.492 e. The number of nitrogens with zero attached hydrogens (tertiary/aromatic N) is 6. The van der Waals surface area contributed by atoms with Crippen LogP contribution in [0, 0.1) is 0 Å². The highest BCUT2D eigenvalue weighted by Gasteiger charge is 2.14. The van der Waals surface area contributed by atoms with Crippen molar-refractivity contribution in [3.8, 4) is 17.3 Å². The smallest absolute Gasteiger partial charge is 0.259 e. The van der Waals surface area contributed by atoms with Crippen molar-refractivity contribution < 1.29 is 13.9 Å². The van der Waals surface area contributed by atoms with E-state index in [4.69, 9.17) is 19.6 Å². The van der Waals surface area contributed by atoms with Crippen molar-refractivity contribution >= 4 is 17.7 Å². The highest BCUT2D eigenvalue weighted by Crippen LogP contribution is 2.18. The van der Waals surface area contributed by atoms with Crippen LogP contribution in [0.15, 0.2) is 47.1 Å². The fourth-order valence-corrected chi connectivity index (χ4v) is 3.58. The molecule has 4 heterocycles. The van der Waals surface area contributed by atoms with Crippen molar-refractivity contribution in [3.05, 3.63) is 48.2 Å². The molecule has 33 heavy (non-hydrogen) atoms. The first-order valence-electron chi connectivity index (χ1n) is 10.9. The molecule has 0 aliphatic carbocycles. The predicted octanol–water partition coefficient (Wildman–Crippen LogP) is 1.73. The van der Waals surface area contributed by atoms with Gasteiger partial charge < -0.3 is 24.9 Å². The molecule has 0 atom stereocenters. The summed E-state index contributed by atoms with van der Waals surface area (Å²) in [5.41, 5.74) is 7.21. The van der Waals surface area contributed by atoms with Crippen LogP contribution in [-0.2, 0) is 11.2 Å². The van der Waals surface area contributed by atoms with Crippen molar-refractivity contribution in [2.75, 3.05) is 57.1 Å². The van der Waals surface area contributed by atoms with E-state index >= 15 is 0 Å². The first-order chi connectivity index (χ1) is 16.2. The monoisotopic (exact) mass is 450 g/mol. The summed E-state index contributed by atoms with van der Waals surface area (Å²) < 4.78 is 18.0. The van der Waals surface area contributed by atoms with Crippen LogP contribution in [-0.4, -0.2) is 75.5 Å². The fraction of sp³-hybridized carbons (Fsp3) is 0.364. The van der Waals surface area contributed by atoms with Gasteiger partial charge >= 0.3 is 0 Å². The molecule has 1 saturated heterocycles. The van der Waals surface area contributed by atoms with E-state index in [0.29, 0.717) is 36.5 Å². The zero-order chi connectivity index (χ0) is 22.5. The van der Waals surface area contributed by atoms with Gasteiger partial charge in [-0.05, 0) is 36.2 Å². The van der Waals surface area contributed by atoms with Gasteiger partial charge in [0.25, 0.3) is 5.78 Å². The molecule has 0 saturated carbocycles. The number of nitrogens with two attached hydrogens (primary N) is 1. The summed E-state index contributed by atoms with van der Waals surface area (Å²) in [6.07, 6.45) is 2.36. The van der Waals surface area contributed by atoms with E-state index < -0.39 is 0 Å². The summed E-state index contributed by atoms with van der Waals surface area (Å²) in [7, 11) is 0. The van der Waals surface area contributed by atoms with Gasteiger partial charge in [-0.1, -0.05) is 12.1 Å². The fourth-order valence-electron chi connectivity index (χ4n) is 3.58. The third-order valence-corrected chi connectivity index (χ3v) is 5.38. The number of ether oxygens (including phenoxy) is 2. The lowest BCUT2D eigenvalue weighted by Crippen LogP contribution is -2.38. The maximum atomic E-state index is 6.03. The summed E-state index contributed by atoms with van der Waals surface area (Å²) in [4.78, 5) is 15.4. The predicted molar refractivity (Wildman–Crippen MR) is 122 cm³/mol. The summed E-state index contributed by atoms with van der Waals surface area (Å²) in [6, 6.07) is 11.7. The quantitative estimate of drug-likeness (QED) is 0.389. The first-order valence-corrected chi connectivity index (χ1v) is 10.9. The Morgan fingerprint density at radius 2 is 1.91 bits per heavy atom. The van der Waals surface area contributed by atoms with Crippen molar-refractivity contribution in [2.45, 2.75) is 6.42 Å². The van der Waals surface area contributed by atoms with Crippen LogP contribution in [0.3, 0.4) is 0 Å². The lowest BCUT2D eigenvalue weighted by atomic mass is 10.1. The minimum atomic E-state index is 0.200. The van der Waals surface area contributed by atoms with Crippen LogP contribution in [0.5, 0.6) is 5.75 Å². The van der Waals surface area contributed by atoms with Crippen molar-refractivity contribution in [3.63, 3.8) is 0 Å². The maximum absolute atomic E-state index is 6.03. The average molecular weight is 451 g/mol. The molecule has 3 aromatic heterocycles. The van der Waals surface area contributed by atoms with Gasteiger partial charge in [0.15, 0.2) is 5.76 Å². The molecule has 0 amide bonds. The Labute approximate surface area is 190 Å². The number of furan rings is 1. The molecule has 1 aromatic carbocycles. The average Bonchev–Trinajstić information content (AvgIpc) is 3.51. The van der Waals surface area contributed by atoms with E-state index in [1.165, 1.54) is 10.1 Å². The largest absolute Gasteiger partial charge is 0.492 e. The van der Waals surface area contributed by atoms with E-state index in [0.717, 1.165) is 45.0 Å². The molecule has 11 nitrogen and oxygen atoms in total. The highest BCUT2D eigenvalue weighted by molar-refractivity contribution is 5.52. The second kappa shape index (κ2) is 9.84. The number of hydrogen-bond acceptors (Lipinski definition) is 10. The Morgan fingerprint density at radius 3 is 2.70 bits per heavy atom. The molecule has 1 aliphatic heterocycles. The van der Waals surface area contributed by atoms with E-state index in [-0.39, 0.29) is 5.95 Å². The number of nitrogens with one attached hydrogen (secondary N) is 1. The number of morpholine rings is 1. The van der Waals surface area contributed by atoms with Crippen LogP contribution in [0.2, 0.25) is 0 Å². The summed E-state index contributed by atoms with van der Waals surface area (Å²) >= 11 is 0. The Kier molecular flexibility index (Phi) is 6.31. The third-order valence-electron chi connectivity index (χ3n) is 5.38. The van der Waals surface area contributed by atoms with Gasteiger partial charge in [-0.3, -0.25) is 4.90 Å². The Hall–Kier alpha value is -3.70. The second-order valence-electron chi connectivity index (χ2n) is 7.65. The molecule has 4 aromatic rings. The summed E-state index contributed by atoms with van der Waals surface area (Å²) in [6.45, 7) is 5.79. The molecule has 0 unspecified atom stereocenters.